The van der Waals surface area contributed by atoms with E-state index in [9.17, 15) is 4.79 Å². The fraction of sp³-hybridized carbons (Fsp3) is 0.188. The molecule has 0 bridgehead atoms. The third kappa shape index (κ3) is 3.67. The molecule has 1 atom stereocenters. The van der Waals surface area contributed by atoms with E-state index in [-0.39, 0.29) is 11.6 Å². The van der Waals surface area contributed by atoms with Crippen LogP contribution in [-0.4, -0.2) is 18.2 Å². The van der Waals surface area contributed by atoms with Crippen molar-refractivity contribution in [1.82, 2.24) is 0 Å². The Morgan fingerprint density at radius 1 is 1.29 bits per heavy atom. The van der Waals surface area contributed by atoms with E-state index in [2.05, 4.69) is 5.32 Å². The van der Waals surface area contributed by atoms with Crippen molar-refractivity contribution < 1.29 is 14.6 Å². The van der Waals surface area contributed by atoms with Crippen LogP contribution in [0.2, 0.25) is 5.02 Å². The molecule has 0 aromatic heterocycles. The number of benzene rings is 2. The Hall–Kier alpha value is -2.20. The largest absolute Gasteiger partial charge is 0.495 e. The molecule has 0 saturated carbocycles. The molecule has 4 nitrogen and oxygen atoms in total. The monoisotopic (exact) mass is 305 g/mol. The van der Waals surface area contributed by atoms with Crippen LogP contribution in [0.25, 0.3) is 0 Å². The van der Waals surface area contributed by atoms with Crippen LogP contribution in [0.3, 0.4) is 0 Å². The second-order valence-electron chi connectivity index (χ2n) is 4.64. The molecule has 0 aliphatic heterocycles. The quantitative estimate of drug-likeness (QED) is 0.868. The number of halogens is 1. The van der Waals surface area contributed by atoms with Crippen LogP contribution in [0.4, 0.5) is 5.69 Å². The average molecular weight is 306 g/mol. The number of ether oxygens (including phenoxy) is 1. The minimum absolute atomic E-state index is 0.0401. The number of rotatable bonds is 5. The van der Waals surface area contributed by atoms with Gasteiger partial charge < -0.3 is 15.2 Å². The molecule has 2 aromatic carbocycles. The van der Waals surface area contributed by atoms with Gasteiger partial charge in [-0.15, -0.1) is 0 Å². The number of hydrogen-bond acceptors (Lipinski definition) is 3. The predicted octanol–water partition coefficient (Wildman–Crippen LogP) is 4.22. The highest BCUT2D eigenvalue weighted by Gasteiger charge is 2.12. The lowest BCUT2D eigenvalue weighted by Gasteiger charge is -2.18. The molecule has 0 fully saturated rings. The van der Waals surface area contributed by atoms with Gasteiger partial charge in [-0.3, -0.25) is 0 Å². The first kappa shape index (κ1) is 15.2. The SMILES string of the molecule is COc1ccc(C(=O)O)cc1NC(C)c1cccc(Cl)c1. The fourth-order valence-electron chi connectivity index (χ4n) is 2.05. The Balaban J connectivity index is 2.29. The zero-order valence-corrected chi connectivity index (χ0v) is 12.5. The maximum absolute atomic E-state index is 11.1. The summed E-state index contributed by atoms with van der Waals surface area (Å²) in [5.41, 5.74) is 1.84. The van der Waals surface area contributed by atoms with Gasteiger partial charge in [-0.2, -0.15) is 0 Å². The molecule has 110 valence electrons. The van der Waals surface area contributed by atoms with Gasteiger partial charge in [-0.1, -0.05) is 23.7 Å². The Bertz CT molecular complexity index is 658. The smallest absolute Gasteiger partial charge is 0.335 e. The number of aromatic carboxylic acids is 1. The van der Waals surface area contributed by atoms with Crippen LogP contribution >= 0.6 is 11.6 Å². The molecule has 0 amide bonds. The van der Waals surface area contributed by atoms with E-state index in [4.69, 9.17) is 21.4 Å². The van der Waals surface area contributed by atoms with Crippen molar-refractivity contribution in [3.05, 3.63) is 58.6 Å². The summed E-state index contributed by atoms with van der Waals surface area (Å²) in [6.07, 6.45) is 0. The fourth-order valence-corrected chi connectivity index (χ4v) is 2.25. The van der Waals surface area contributed by atoms with E-state index in [0.29, 0.717) is 16.5 Å². The average Bonchev–Trinajstić information content (AvgIpc) is 2.47. The second-order valence-corrected chi connectivity index (χ2v) is 5.08. The molecule has 0 saturated heterocycles. The van der Waals surface area contributed by atoms with Gasteiger partial charge in [0.1, 0.15) is 5.75 Å². The molecule has 2 aromatic rings. The first-order valence-electron chi connectivity index (χ1n) is 6.44. The number of carboxylic acid groups (broad SMARTS) is 1. The van der Waals surface area contributed by atoms with Crippen LogP contribution in [0.15, 0.2) is 42.5 Å². The lowest BCUT2D eigenvalue weighted by molar-refractivity contribution is 0.0697. The summed E-state index contributed by atoms with van der Waals surface area (Å²) >= 11 is 5.99. The van der Waals surface area contributed by atoms with E-state index in [1.165, 1.54) is 6.07 Å². The van der Waals surface area contributed by atoms with Crippen LogP contribution in [0, 0.1) is 0 Å². The van der Waals surface area contributed by atoms with E-state index in [0.717, 1.165) is 5.56 Å². The number of carbonyl (C=O) groups is 1. The third-order valence-electron chi connectivity index (χ3n) is 3.17. The highest BCUT2D eigenvalue weighted by molar-refractivity contribution is 6.30. The Kier molecular flexibility index (Phi) is 4.70. The highest BCUT2D eigenvalue weighted by Crippen LogP contribution is 2.30. The maximum atomic E-state index is 11.1. The standard InChI is InChI=1S/C16H16ClNO3/c1-10(11-4-3-5-13(17)8-11)18-14-9-12(16(19)20)6-7-15(14)21-2/h3-10,18H,1-2H3,(H,19,20). The van der Waals surface area contributed by atoms with Gasteiger partial charge in [-0.25, -0.2) is 4.79 Å². The molecular weight excluding hydrogens is 290 g/mol. The summed E-state index contributed by atoms with van der Waals surface area (Å²) < 4.78 is 5.26. The van der Waals surface area contributed by atoms with Crippen molar-refractivity contribution in [3.63, 3.8) is 0 Å². The molecule has 0 radical (unpaired) electrons. The van der Waals surface area contributed by atoms with Gasteiger partial charge in [0.2, 0.25) is 0 Å². The lowest BCUT2D eigenvalue weighted by Crippen LogP contribution is -2.09. The molecule has 2 N–H and O–H groups in total. The minimum atomic E-state index is -0.976. The first-order chi connectivity index (χ1) is 10.0. The maximum Gasteiger partial charge on any atom is 0.335 e. The minimum Gasteiger partial charge on any atom is -0.495 e. The van der Waals surface area contributed by atoms with Crippen LogP contribution < -0.4 is 10.1 Å². The molecule has 2 rings (SSSR count). The van der Waals surface area contributed by atoms with Crippen LogP contribution in [0.5, 0.6) is 5.75 Å². The van der Waals surface area contributed by atoms with Gasteiger partial charge in [0.05, 0.1) is 18.4 Å². The van der Waals surface area contributed by atoms with Crippen molar-refractivity contribution in [2.45, 2.75) is 13.0 Å². The number of nitrogens with one attached hydrogen (secondary N) is 1. The number of anilines is 1. The zero-order valence-electron chi connectivity index (χ0n) is 11.8. The van der Waals surface area contributed by atoms with Crippen molar-refractivity contribution in [3.8, 4) is 5.75 Å². The summed E-state index contributed by atoms with van der Waals surface area (Å²) in [6.45, 7) is 1.97. The van der Waals surface area contributed by atoms with Gasteiger partial charge >= 0.3 is 5.97 Å². The molecule has 5 heteroatoms. The predicted molar refractivity (Wildman–Crippen MR) is 83.4 cm³/mol. The molecular formula is C16H16ClNO3. The number of carboxylic acids is 1. The molecule has 0 spiro atoms. The Morgan fingerprint density at radius 3 is 2.67 bits per heavy atom. The van der Waals surface area contributed by atoms with Gasteiger partial charge in [0.25, 0.3) is 0 Å². The highest BCUT2D eigenvalue weighted by atomic mass is 35.5. The van der Waals surface area contributed by atoms with E-state index in [1.807, 2.05) is 31.2 Å². The van der Waals surface area contributed by atoms with Gasteiger partial charge in [0, 0.05) is 11.1 Å². The van der Waals surface area contributed by atoms with Crippen molar-refractivity contribution in [1.29, 1.82) is 0 Å². The zero-order chi connectivity index (χ0) is 15.4. The van der Waals surface area contributed by atoms with Crippen molar-refractivity contribution in [2.24, 2.45) is 0 Å². The number of hydrogen-bond donors (Lipinski definition) is 2. The Morgan fingerprint density at radius 2 is 2.05 bits per heavy atom. The molecule has 0 aliphatic rings. The summed E-state index contributed by atoms with van der Waals surface area (Å²) in [7, 11) is 1.55. The van der Waals surface area contributed by atoms with E-state index < -0.39 is 5.97 Å². The Labute approximate surface area is 128 Å². The van der Waals surface area contributed by atoms with Crippen molar-refractivity contribution in [2.75, 3.05) is 12.4 Å². The van der Waals surface area contributed by atoms with E-state index in [1.54, 1.807) is 19.2 Å². The second kappa shape index (κ2) is 6.50. The molecule has 1 unspecified atom stereocenters. The first-order valence-corrected chi connectivity index (χ1v) is 6.82. The summed E-state index contributed by atoms with van der Waals surface area (Å²) in [5.74, 6) is -0.384. The molecule has 0 aliphatic carbocycles. The van der Waals surface area contributed by atoms with Crippen LogP contribution in [0.1, 0.15) is 28.9 Å². The third-order valence-corrected chi connectivity index (χ3v) is 3.40. The summed E-state index contributed by atoms with van der Waals surface area (Å²) in [4.78, 5) is 11.1. The summed E-state index contributed by atoms with van der Waals surface area (Å²) in [5, 5.41) is 13.0. The topological polar surface area (TPSA) is 58.6 Å². The lowest BCUT2D eigenvalue weighted by atomic mass is 10.1. The van der Waals surface area contributed by atoms with E-state index >= 15 is 0 Å². The van der Waals surface area contributed by atoms with Crippen molar-refractivity contribution >= 4 is 23.3 Å². The van der Waals surface area contributed by atoms with Crippen LogP contribution in [-0.2, 0) is 0 Å². The molecule has 0 heterocycles. The normalized spacial score (nSPS) is 11.8. The summed E-state index contributed by atoms with van der Waals surface area (Å²) in [6, 6.07) is 12.2. The van der Waals surface area contributed by atoms with Gasteiger partial charge in [-0.05, 0) is 42.8 Å². The number of methoxy groups -OCH3 is 1. The molecule has 21 heavy (non-hydrogen) atoms. The van der Waals surface area contributed by atoms with Gasteiger partial charge in [0.15, 0.2) is 0 Å².